The van der Waals surface area contributed by atoms with E-state index in [1.807, 2.05) is 78.9 Å². The van der Waals surface area contributed by atoms with Crippen molar-refractivity contribution in [3.05, 3.63) is 84.4 Å². The lowest BCUT2D eigenvalue weighted by Crippen LogP contribution is -2.69. The number of likely N-dealkylation sites (N-methyl/N-ethyl adjacent to an activating group) is 1. The molecule has 7 nitrogen and oxygen atoms in total. The Morgan fingerprint density at radius 2 is 1.74 bits per heavy atom. The molecule has 1 heterocycles. The number of piperazine rings is 1. The number of carbonyl (C=O) groups is 2. The van der Waals surface area contributed by atoms with Crippen molar-refractivity contribution in [2.75, 3.05) is 31.6 Å². The first-order valence-electron chi connectivity index (χ1n) is 11.3. The standard InChI is InChI=1S/C27H29N3O4/c1-28-27(15-18-31)20-29(16-17-30(27)26(32)33)23-13-11-22(12-14-23)24-9-5-6-10-25(24)34-19-21-7-3-2-4-8-21/h2-14,18,28H,15-17,19-20H2,1H3,(H,32,33). The van der Waals surface area contributed by atoms with Crippen LogP contribution in [-0.2, 0) is 11.4 Å². The number of ether oxygens (including phenoxy) is 1. The molecule has 1 fully saturated rings. The molecule has 4 rings (SSSR count). The Kier molecular flexibility index (Phi) is 7.13. The van der Waals surface area contributed by atoms with Crippen molar-refractivity contribution in [2.24, 2.45) is 0 Å². The molecule has 0 aliphatic carbocycles. The second kappa shape index (κ2) is 10.4. The van der Waals surface area contributed by atoms with E-state index < -0.39 is 11.8 Å². The fourth-order valence-electron chi connectivity index (χ4n) is 4.46. The summed E-state index contributed by atoms with van der Waals surface area (Å²) in [5.41, 5.74) is 3.16. The molecule has 1 atom stereocenters. The van der Waals surface area contributed by atoms with Gasteiger partial charge in [-0.25, -0.2) is 4.79 Å². The molecule has 0 radical (unpaired) electrons. The summed E-state index contributed by atoms with van der Waals surface area (Å²) in [5.74, 6) is 0.814. The van der Waals surface area contributed by atoms with E-state index in [2.05, 4.69) is 10.2 Å². The quantitative estimate of drug-likeness (QED) is 0.491. The number of para-hydroxylation sites is 1. The van der Waals surface area contributed by atoms with Gasteiger partial charge < -0.3 is 19.5 Å². The van der Waals surface area contributed by atoms with Gasteiger partial charge in [0.1, 0.15) is 24.3 Å². The third-order valence-corrected chi connectivity index (χ3v) is 6.35. The van der Waals surface area contributed by atoms with Crippen LogP contribution < -0.4 is 15.0 Å². The van der Waals surface area contributed by atoms with Crippen LogP contribution in [0.2, 0.25) is 0 Å². The highest BCUT2D eigenvalue weighted by atomic mass is 16.5. The number of rotatable bonds is 8. The van der Waals surface area contributed by atoms with E-state index in [1.165, 1.54) is 4.90 Å². The maximum Gasteiger partial charge on any atom is 0.408 e. The van der Waals surface area contributed by atoms with E-state index in [-0.39, 0.29) is 6.42 Å². The van der Waals surface area contributed by atoms with Crippen molar-refractivity contribution in [1.82, 2.24) is 10.2 Å². The van der Waals surface area contributed by atoms with Crippen molar-refractivity contribution in [3.63, 3.8) is 0 Å². The van der Waals surface area contributed by atoms with E-state index >= 15 is 0 Å². The Labute approximate surface area is 199 Å². The molecule has 1 saturated heterocycles. The van der Waals surface area contributed by atoms with Crippen molar-refractivity contribution in [3.8, 4) is 16.9 Å². The Balaban J connectivity index is 1.53. The van der Waals surface area contributed by atoms with E-state index in [1.54, 1.807) is 7.05 Å². The van der Waals surface area contributed by atoms with Gasteiger partial charge in [-0.3, -0.25) is 10.2 Å². The molecule has 1 unspecified atom stereocenters. The molecule has 3 aromatic rings. The van der Waals surface area contributed by atoms with Crippen molar-refractivity contribution in [2.45, 2.75) is 18.7 Å². The average molecular weight is 460 g/mol. The minimum atomic E-state index is -1.03. The molecule has 7 heteroatoms. The second-order valence-corrected chi connectivity index (χ2v) is 8.33. The van der Waals surface area contributed by atoms with E-state index in [0.29, 0.717) is 26.2 Å². The van der Waals surface area contributed by atoms with Gasteiger partial charge >= 0.3 is 6.09 Å². The third kappa shape index (κ3) is 4.89. The maximum absolute atomic E-state index is 11.8. The largest absolute Gasteiger partial charge is 0.488 e. The van der Waals surface area contributed by atoms with Crippen LogP contribution in [0.15, 0.2) is 78.9 Å². The molecule has 2 N–H and O–H groups in total. The zero-order chi connectivity index (χ0) is 24.0. The summed E-state index contributed by atoms with van der Waals surface area (Å²) in [7, 11) is 1.69. The van der Waals surface area contributed by atoms with Crippen LogP contribution in [0.3, 0.4) is 0 Å². The molecule has 0 saturated carbocycles. The zero-order valence-electron chi connectivity index (χ0n) is 19.2. The van der Waals surface area contributed by atoms with Crippen LogP contribution in [0, 0.1) is 0 Å². The summed E-state index contributed by atoms with van der Waals surface area (Å²) in [4.78, 5) is 26.5. The van der Waals surface area contributed by atoms with Crippen molar-refractivity contribution >= 4 is 18.1 Å². The van der Waals surface area contributed by atoms with Crippen LogP contribution in [0.4, 0.5) is 10.5 Å². The highest BCUT2D eigenvalue weighted by Crippen LogP contribution is 2.33. The molecule has 3 aromatic carbocycles. The lowest BCUT2D eigenvalue weighted by Gasteiger charge is -2.49. The van der Waals surface area contributed by atoms with Gasteiger partial charge in [0.25, 0.3) is 0 Å². The van der Waals surface area contributed by atoms with Gasteiger partial charge in [-0.1, -0.05) is 60.7 Å². The monoisotopic (exact) mass is 459 g/mol. The molecular formula is C27H29N3O4. The summed E-state index contributed by atoms with van der Waals surface area (Å²) < 4.78 is 6.11. The van der Waals surface area contributed by atoms with Gasteiger partial charge in [0.05, 0.1) is 6.54 Å². The minimum absolute atomic E-state index is 0.0799. The number of amides is 1. The maximum atomic E-state index is 11.8. The van der Waals surface area contributed by atoms with Gasteiger partial charge in [0.15, 0.2) is 0 Å². The molecule has 0 bridgehead atoms. The summed E-state index contributed by atoms with van der Waals surface area (Å²) >= 11 is 0. The molecule has 0 spiro atoms. The number of aldehydes is 1. The Hall–Kier alpha value is -3.84. The summed E-state index contributed by atoms with van der Waals surface area (Å²) in [6.45, 7) is 1.73. The summed E-state index contributed by atoms with van der Waals surface area (Å²) in [6.07, 6.45) is -0.180. The van der Waals surface area contributed by atoms with Crippen molar-refractivity contribution in [1.29, 1.82) is 0 Å². The number of carboxylic acid groups (broad SMARTS) is 1. The Morgan fingerprint density at radius 3 is 2.41 bits per heavy atom. The molecule has 34 heavy (non-hydrogen) atoms. The molecule has 1 amide bonds. The fourth-order valence-corrected chi connectivity index (χ4v) is 4.46. The van der Waals surface area contributed by atoms with E-state index in [0.717, 1.165) is 34.4 Å². The van der Waals surface area contributed by atoms with Gasteiger partial charge in [-0.15, -0.1) is 0 Å². The third-order valence-electron chi connectivity index (χ3n) is 6.35. The minimum Gasteiger partial charge on any atom is -0.488 e. The topological polar surface area (TPSA) is 82.1 Å². The normalized spacial score (nSPS) is 17.9. The molecule has 1 aliphatic rings. The van der Waals surface area contributed by atoms with Crippen LogP contribution >= 0.6 is 0 Å². The molecule has 0 aromatic heterocycles. The zero-order valence-corrected chi connectivity index (χ0v) is 19.2. The second-order valence-electron chi connectivity index (χ2n) is 8.33. The summed E-state index contributed by atoms with van der Waals surface area (Å²) in [5, 5.41) is 12.7. The molecule has 1 aliphatic heterocycles. The number of nitrogens with zero attached hydrogens (tertiary/aromatic N) is 2. The van der Waals surface area contributed by atoms with Crippen LogP contribution in [0.5, 0.6) is 5.75 Å². The van der Waals surface area contributed by atoms with E-state index in [4.69, 9.17) is 4.74 Å². The average Bonchev–Trinajstić information content (AvgIpc) is 2.88. The number of hydrogen-bond donors (Lipinski definition) is 2. The SMILES string of the molecule is CNC1(CC=O)CN(c2ccc(-c3ccccc3OCc3ccccc3)cc2)CCN1C(=O)O. The predicted octanol–water partition coefficient (Wildman–Crippen LogP) is 4.24. The van der Waals surface area contributed by atoms with Gasteiger partial charge in [0, 0.05) is 30.8 Å². The number of carbonyl (C=O) groups excluding carboxylic acids is 1. The first kappa shape index (κ1) is 23.3. The predicted molar refractivity (Wildman–Crippen MR) is 132 cm³/mol. The molecular weight excluding hydrogens is 430 g/mol. The smallest absolute Gasteiger partial charge is 0.408 e. The Morgan fingerprint density at radius 1 is 1.03 bits per heavy atom. The Bertz CT molecular complexity index is 1120. The van der Waals surface area contributed by atoms with Gasteiger partial charge in [-0.2, -0.15) is 0 Å². The summed E-state index contributed by atoms with van der Waals surface area (Å²) in [6, 6.07) is 26.2. The van der Waals surface area contributed by atoms with Gasteiger partial charge in [-0.05, 0) is 36.4 Å². The van der Waals surface area contributed by atoms with Crippen molar-refractivity contribution < 1.29 is 19.4 Å². The highest BCUT2D eigenvalue weighted by molar-refractivity contribution is 5.73. The number of hydrogen-bond acceptors (Lipinski definition) is 5. The van der Waals surface area contributed by atoms with E-state index in [9.17, 15) is 14.7 Å². The first-order valence-corrected chi connectivity index (χ1v) is 11.3. The lowest BCUT2D eigenvalue weighted by molar-refractivity contribution is -0.110. The van der Waals surface area contributed by atoms with Gasteiger partial charge in [0.2, 0.25) is 0 Å². The fraction of sp³-hybridized carbons (Fsp3) is 0.259. The highest BCUT2D eigenvalue weighted by Gasteiger charge is 2.43. The molecule has 176 valence electrons. The lowest BCUT2D eigenvalue weighted by atomic mass is 9.99. The first-order chi connectivity index (χ1) is 16.6. The van der Waals surface area contributed by atoms with Crippen LogP contribution in [-0.4, -0.2) is 54.7 Å². The number of nitrogens with one attached hydrogen (secondary N) is 1. The van der Waals surface area contributed by atoms with Crippen LogP contribution in [0.1, 0.15) is 12.0 Å². The number of anilines is 1. The number of benzene rings is 3. The van der Waals surface area contributed by atoms with Crippen LogP contribution in [0.25, 0.3) is 11.1 Å².